The fraction of sp³-hybridized carbons (Fsp3) is 0.182. The van der Waals surface area contributed by atoms with Crippen molar-refractivity contribution in [3.8, 4) is 17.0 Å². The summed E-state index contributed by atoms with van der Waals surface area (Å²) in [6, 6.07) is 5.54. The van der Waals surface area contributed by atoms with Gasteiger partial charge in [-0.3, -0.25) is 0 Å². The molecule has 0 spiro atoms. The van der Waals surface area contributed by atoms with E-state index >= 15 is 0 Å². The third kappa shape index (κ3) is 2.07. The topological polar surface area (TPSA) is 77.6 Å². The van der Waals surface area contributed by atoms with Gasteiger partial charge in [-0.25, -0.2) is 9.42 Å². The highest BCUT2D eigenvalue weighted by Crippen LogP contribution is 2.34. The molecule has 2 aromatic rings. The molecule has 6 nitrogen and oxygen atoms in total. The highest BCUT2D eigenvalue weighted by molar-refractivity contribution is 5.75. The van der Waals surface area contributed by atoms with E-state index in [4.69, 9.17) is 4.74 Å². The Morgan fingerprint density at radius 1 is 1.41 bits per heavy atom. The molecular weight excluding hydrogens is 222 g/mol. The minimum atomic E-state index is 0.0853. The molecule has 0 atom stereocenters. The molecule has 6 heteroatoms. The SMILES string of the molecule is COc1cc(C)ccc1-c1nonc1N=C=O. The molecule has 0 saturated heterocycles. The van der Waals surface area contributed by atoms with Crippen molar-refractivity contribution in [1.29, 1.82) is 0 Å². The van der Waals surface area contributed by atoms with E-state index < -0.39 is 0 Å². The molecule has 0 amide bonds. The van der Waals surface area contributed by atoms with Gasteiger partial charge in [0.1, 0.15) is 5.75 Å². The van der Waals surface area contributed by atoms with E-state index in [1.54, 1.807) is 13.2 Å². The van der Waals surface area contributed by atoms with Gasteiger partial charge < -0.3 is 4.74 Å². The van der Waals surface area contributed by atoms with Crippen molar-refractivity contribution < 1.29 is 14.2 Å². The lowest BCUT2D eigenvalue weighted by molar-refractivity contribution is 0.309. The Kier molecular flexibility index (Phi) is 2.98. The van der Waals surface area contributed by atoms with Crippen LogP contribution in [0.2, 0.25) is 0 Å². The molecule has 2 rings (SSSR count). The van der Waals surface area contributed by atoms with Crippen LogP contribution in [0.25, 0.3) is 11.3 Å². The average molecular weight is 231 g/mol. The highest BCUT2D eigenvalue weighted by atomic mass is 16.6. The number of aryl methyl sites for hydroxylation is 1. The molecule has 1 aromatic carbocycles. The van der Waals surface area contributed by atoms with Gasteiger partial charge in [-0.1, -0.05) is 6.07 Å². The molecule has 86 valence electrons. The van der Waals surface area contributed by atoms with Gasteiger partial charge in [-0.15, -0.1) is 4.99 Å². The number of rotatable bonds is 3. The summed E-state index contributed by atoms with van der Waals surface area (Å²) in [5.41, 5.74) is 2.06. The average Bonchev–Trinajstić information content (AvgIpc) is 2.77. The van der Waals surface area contributed by atoms with Crippen LogP contribution in [0.5, 0.6) is 5.75 Å². The van der Waals surface area contributed by atoms with Crippen molar-refractivity contribution in [1.82, 2.24) is 10.3 Å². The summed E-state index contributed by atoms with van der Waals surface area (Å²) in [5.74, 6) is 0.699. The molecular formula is C11H9N3O3. The minimum Gasteiger partial charge on any atom is -0.496 e. The van der Waals surface area contributed by atoms with E-state index in [-0.39, 0.29) is 5.82 Å². The highest BCUT2D eigenvalue weighted by Gasteiger charge is 2.16. The molecule has 0 bridgehead atoms. The summed E-state index contributed by atoms with van der Waals surface area (Å²) in [7, 11) is 1.55. The summed E-state index contributed by atoms with van der Waals surface area (Å²) in [5, 5.41) is 7.21. The van der Waals surface area contributed by atoms with Crippen LogP contribution in [0, 0.1) is 6.92 Å². The van der Waals surface area contributed by atoms with Crippen LogP contribution in [0.15, 0.2) is 27.8 Å². The zero-order valence-corrected chi connectivity index (χ0v) is 9.30. The van der Waals surface area contributed by atoms with Crippen LogP contribution in [-0.2, 0) is 4.79 Å². The van der Waals surface area contributed by atoms with Gasteiger partial charge in [0.2, 0.25) is 11.9 Å². The molecule has 0 aliphatic carbocycles. The fourth-order valence-corrected chi connectivity index (χ4v) is 1.46. The maximum Gasteiger partial charge on any atom is 0.242 e. The first-order valence-electron chi connectivity index (χ1n) is 4.81. The molecule has 0 saturated carbocycles. The monoisotopic (exact) mass is 231 g/mol. The fourth-order valence-electron chi connectivity index (χ4n) is 1.46. The van der Waals surface area contributed by atoms with Crippen LogP contribution in [-0.4, -0.2) is 23.5 Å². The lowest BCUT2D eigenvalue weighted by Gasteiger charge is -2.06. The third-order valence-electron chi connectivity index (χ3n) is 2.23. The van der Waals surface area contributed by atoms with E-state index in [1.807, 2.05) is 19.1 Å². The molecule has 1 heterocycles. The maximum absolute atomic E-state index is 10.2. The van der Waals surface area contributed by atoms with E-state index in [2.05, 4.69) is 19.9 Å². The first-order valence-corrected chi connectivity index (χ1v) is 4.81. The van der Waals surface area contributed by atoms with Gasteiger partial charge in [0.05, 0.1) is 7.11 Å². The van der Waals surface area contributed by atoms with E-state index in [0.29, 0.717) is 17.0 Å². The summed E-state index contributed by atoms with van der Waals surface area (Å²) in [6.07, 6.45) is 1.40. The molecule has 0 fully saturated rings. The Labute approximate surface area is 96.9 Å². The predicted octanol–water partition coefficient (Wildman–Crippen LogP) is 2.02. The van der Waals surface area contributed by atoms with Gasteiger partial charge in [-0.05, 0) is 34.9 Å². The standard InChI is InChI=1S/C11H9N3O3/c1-7-3-4-8(9(5-7)16-2)10-11(12-6-15)14-17-13-10/h3-5H,1-2H3. The minimum absolute atomic E-state index is 0.0853. The van der Waals surface area contributed by atoms with Crippen LogP contribution in [0.1, 0.15) is 5.56 Å². The first kappa shape index (κ1) is 11.0. The molecule has 17 heavy (non-hydrogen) atoms. The lowest BCUT2D eigenvalue weighted by Crippen LogP contribution is -1.89. The number of aliphatic imine (C=N–C) groups is 1. The van der Waals surface area contributed by atoms with Gasteiger partial charge >= 0.3 is 0 Å². The number of aromatic nitrogens is 2. The molecule has 0 radical (unpaired) electrons. The smallest absolute Gasteiger partial charge is 0.242 e. The number of methoxy groups -OCH3 is 1. The van der Waals surface area contributed by atoms with Crippen molar-refractivity contribution in [2.24, 2.45) is 4.99 Å². The normalized spacial score (nSPS) is 9.76. The number of ether oxygens (including phenoxy) is 1. The lowest BCUT2D eigenvalue weighted by atomic mass is 10.1. The Morgan fingerprint density at radius 2 is 2.24 bits per heavy atom. The number of hydrogen-bond donors (Lipinski definition) is 0. The van der Waals surface area contributed by atoms with E-state index in [1.165, 1.54) is 6.08 Å². The second-order valence-electron chi connectivity index (χ2n) is 3.34. The second-order valence-corrected chi connectivity index (χ2v) is 3.34. The Hall–Kier alpha value is -2.46. The van der Waals surface area contributed by atoms with Gasteiger partial charge in [0.15, 0.2) is 5.69 Å². The van der Waals surface area contributed by atoms with E-state index in [0.717, 1.165) is 5.56 Å². The van der Waals surface area contributed by atoms with Crippen LogP contribution in [0.3, 0.4) is 0 Å². The summed E-state index contributed by atoms with van der Waals surface area (Å²) < 4.78 is 9.79. The number of nitrogens with zero attached hydrogens (tertiary/aromatic N) is 3. The van der Waals surface area contributed by atoms with Crippen molar-refractivity contribution in [3.05, 3.63) is 23.8 Å². The third-order valence-corrected chi connectivity index (χ3v) is 2.23. The van der Waals surface area contributed by atoms with Gasteiger partial charge in [-0.2, -0.15) is 0 Å². The first-order chi connectivity index (χ1) is 8.26. The molecule has 0 unspecified atom stereocenters. The Balaban J connectivity index is 2.59. The Bertz CT molecular complexity index is 585. The number of isocyanates is 1. The number of benzene rings is 1. The molecule has 0 aliphatic rings. The molecule has 1 aromatic heterocycles. The summed E-state index contributed by atoms with van der Waals surface area (Å²) >= 11 is 0. The quantitative estimate of drug-likeness (QED) is 0.596. The number of hydrogen-bond acceptors (Lipinski definition) is 6. The zero-order chi connectivity index (χ0) is 12.3. The Morgan fingerprint density at radius 3 is 2.94 bits per heavy atom. The second kappa shape index (κ2) is 4.59. The van der Waals surface area contributed by atoms with Crippen LogP contribution >= 0.6 is 0 Å². The van der Waals surface area contributed by atoms with Crippen LogP contribution in [0.4, 0.5) is 5.82 Å². The summed E-state index contributed by atoms with van der Waals surface area (Å²) in [4.78, 5) is 13.6. The van der Waals surface area contributed by atoms with Crippen molar-refractivity contribution >= 4 is 11.9 Å². The van der Waals surface area contributed by atoms with Crippen molar-refractivity contribution in [2.75, 3.05) is 7.11 Å². The van der Waals surface area contributed by atoms with Crippen molar-refractivity contribution in [3.63, 3.8) is 0 Å². The number of carbonyl (C=O) groups excluding carboxylic acids is 1. The van der Waals surface area contributed by atoms with Crippen molar-refractivity contribution in [2.45, 2.75) is 6.92 Å². The predicted molar refractivity (Wildman–Crippen MR) is 58.8 cm³/mol. The van der Waals surface area contributed by atoms with Crippen LogP contribution < -0.4 is 4.74 Å². The molecule has 0 aliphatic heterocycles. The zero-order valence-electron chi connectivity index (χ0n) is 9.30. The molecule has 0 N–H and O–H groups in total. The van der Waals surface area contributed by atoms with Gasteiger partial charge in [0, 0.05) is 5.56 Å². The van der Waals surface area contributed by atoms with Gasteiger partial charge in [0.25, 0.3) is 0 Å². The van der Waals surface area contributed by atoms with E-state index in [9.17, 15) is 4.79 Å². The largest absolute Gasteiger partial charge is 0.496 e. The summed E-state index contributed by atoms with van der Waals surface area (Å²) in [6.45, 7) is 1.94. The maximum atomic E-state index is 10.2.